The lowest BCUT2D eigenvalue weighted by molar-refractivity contribution is -0.274. The lowest BCUT2D eigenvalue weighted by Gasteiger charge is -2.15. The van der Waals surface area contributed by atoms with E-state index in [0.29, 0.717) is 5.69 Å². The average Bonchev–Trinajstić information content (AvgIpc) is 3.19. The third-order valence-electron chi connectivity index (χ3n) is 3.96. The van der Waals surface area contributed by atoms with Crippen molar-refractivity contribution in [3.63, 3.8) is 0 Å². The second kappa shape index (κ2) is 8.86. The van der Waals surface area contributed by atoms with Crippen LogP contribution < -0.4 is 10.1 Å². The van der Waals surface area contributed by atoms with Crippen LogP contribution in [0.4, 0.5) is 23.2 Å². The summed E-state index contributed by atoms with van der Waals surface area (Å²) in [6, 6.07) is 9.78. The summed E-state index contributed by atoms with van der Waals surface area (Å²) in [5, 5.41) is 2.42. The van der Waals surface area contributed by atoms with Gasteiger partial charge in [-0.3, -0.25) is 9.36 Å². The monoisotopic (exact) mass is 437 g/mol. The molecular formula is C20H15F4N3O4. The van der Waals surface area contributed by atoms with Crippen molar-refractivity contribution in [3.8, 4) is 11.4 Å². The smallest absolute Gasteiger partial charge is 0.448 e. The van der Waals surface area contributed by atoms with Crippen LogP contribution in [0.15, 0.2) is 61.1 Å². The van der Waals surface area contributed by atoms with Crippen molar-refractivity contribution in [2.75, 3.05) is 5.32 Å². The molecule has 11 heteroatoms. The number of anilines is 1. The Bertz CT molecular complexity index is 1060. The summed E-state index contributed by atoms with van der Waals surface area (Å²) in [6.45, 7) is 1.33. The third-order valence-corrected chi connectivity index (χ3v) is 3.96. The highest BCUT2D eigenvalue weighted by Gasteiger charge is 2.31. The lowest BCUT2D eigenvalue weighted by Crippen LogP contribution is -2.30. The molecule has 31 heavy (non-hydrogen) atoms. The zero-order valence-electron chi connectivity index (χ0n) is 15.9. The van der Waals surface area contributed by atoms with Crippen LogP contribution in [0, 0.1) is 5.82 Å². The molecule has 2 aromatic carbocycles. The number of benzene rings is 2. The number of aromatic nitrogens is 2. The number of esters is 1. The minimum atomic E-state index is -4.83. The van der Waals surface area contributed by atoms with E-state index in [9.17, 15) is 27.2 Å². The average molecular weight is 437 g/mol. The number of hydrogen-bond acceptors (Lipinski definition) is 5. The number of carbonyl (C=O) groups is 2. The maximum atomic E-state index is 13.1. The number of ether oxygens (including phenoxy) is 2. The Labute approximate surface area is 173 Å². The Morgan fingerprint density at radius 3 is 2.32 bits per heavy atom. The van der Waals surface area contributed by atoms with Gasteiger partial charge >= 0.3 is 12.3 Å². The molecule has 0 saturated heterocycles. The van der Waals surface area contributed by atoms with Crippen LogP contribution in [0.25, 0.3) is 5.69 Å². The molecule has 0 spiro atoms. The number of alkyl halides is 3. The van der Waals surface area contributed by atoms with E-state index in [1.165, 1.54) is 60.4 Å². The van der Waals surface area contributed by atoms with Gasteiger partial charge < -0.3 is 14.8 Å². The van der Waals surface area contributed by atoms with Gasteiger partial charge in [0.05, 0.1) is 12.5 Å². The first kappa shape index (κ1) is 21.8. The quantitative estimate of drug-likeness (QED) is 0.464. The first-order chi connectivity index (χ1) is 14.6. The van der Waals surface area contributed by atoms with E-state index in [4.69, 9.17) is 4.74 Å². The van der Waals surface area contributed by atoms with Crippen molar-refractivity contribution in [3.05, 3.63) is 72.6 Å². The van der Waals surface area contributed by atoms with Gasteiger partial charge in [0, 0.05) is 11.4 Å². The van der Waals surface area contributed by atoms with Gasteiger partial charge in [0.1, 0.15) is 11.6 Å². The summed E-state index contributed by atoms with van der Waals surface area (Å²) in [7, 11) is 0. The zero-order valence-corrected chi connectivity index (χ0v) is 15.9. The van der Waals surface area contributed by atoms with Gasteiger partial charge in [0.25, 0.3) is 5.91 Å². The van der Waals surface area contributed by atoms with Gasteiger partial charge in [-0.1, -0.05) is 0 Å². The van der Waals surface area contributed by atoms with Crippen LogP contribution in [0.1, 0.15) is 17.4 Å². The molecule has 162 valence electrons. The number of halogens is 4. The fourth-order valence-electron chi connectivity index (χ4n) is 2.51. The predicted molar refractivity (Wildman–Crippen MR) is 100 cm³/mol. The van der Waals surface area contributed by atoms with Crippen LogP contribution in [-0.4, -0.2) is 33.9 Å². The van der Waals surface area contributed by atoms with Gasteiger partial charge in [-0.2, -0.15) is 0 Å². The predicted octanol–water partition coefficient (Wildman–Crippen LogP) is 4.09. The van der Waals surface area contributed by atoms with Crippen LogP contribution in [-0.2, 0) is 9.53 Å². The first-order valence-corrected chi connectivity index (χ1v) is 8.78. The highest BCUT2D eigenvalue weighted by Crippen LogP contribution is 2.24. The Hall–Kier alpha value is -3.89. The molecule has 3 rings (SSSR count). The summed E-state index contributed by atoms with van der Waals surface area (Å²) in [5.74, 6) is -2.44. The molecule has 1 atom stereocenters. The van der Waals surface area contributed by atoms with Gasteiger partial charge in [0.15, 0.2) is 11.8 Å². The molecule has 7 nitrogen and oxygen atoms in total. The van der Waals surface area contributed by atoms with Crippen LogP contribution >= 0.6 is 0 Å². The number of hydrogen-bond donors (Lipinski definition) is 1. The van der Waals surface area contributed by atoms with Crippen molar-refractivity contribution in [2.24, 2.45) is 0 Å². The van der Waals surface area contributed by atoms with Crippen LogP contribution in [0.5, 0.6) is 5.75 Å². The van der Waals surface area contributed by atoms with Crippen molar-refractivity contribution < 1.29 is 36.6 Å². The van der Waals surface area contributed by atoms with E-state index in [-0.39, 0.29) is 11.4 Å². The van der Waals surface area contributed by atoms with Gasteiger partial charge in [0.2, 0.25) is 0 Å². The summed E-state index contributed by atoms with van der Waals surface area (Å²) in [4.78, 5) is 28.6. The fourth-order valence-corrected chi connectivity index (χ4v) is 2.51. The molecule has 0 saturated carbocycles. The Kier molecular flexibility index (Phi) is 6.23. The topological polar surface area (TPSA) is 82.5 Å². The Balaban J connectivity index is 1.62. The molecule has 1 unspecified atom stereocenters. The normalized spacial score (nSPS) is 12.2. The van der Waals surface area contributed by atoms with Crippen molar-refractivity contribution in [1.29, 1.82) is 0 Å². The molecule has 1 heterocycles. The highest BCUT2D eigenvalue weighted by molar-refractivity contribution is 5.97. The molecule has 0 bridgehead atoms. The molecule has 0 fully saturated rings. The van der Waals surface area contributed by atoms with E-state index in [1.807, 2.05) is 0 Å². The van der Waals surface area contributed by atoms with E-state index < -0.39 is 35.9 Å². The largest absolute Gasteiger partial charge is 0.573 e. The summed E-state index contributed by atoms with van der Waals surface area (Å²) < 4.78 is 59.9. The Morgan fingerprint density at radius 2 is 1.71 bits per heavy atom. The third kappa shape index (κ3) is 5.81. The summed E-state index contributed by atoms with van der Waals surface area (Å²) in [6.07, 6.45) is -3.49. The first-order valence-electron chi connectivity index (χ1n) is 8.78. The minimum absolute atomic E-state index is 0.0138. The number of rotatable bonds is 6. The molecule has 3 aromatic rings. The summed E-state index contributed by atoms with van der Waals surface area (Å²) in [5.41, 5.74) is 0.655. The number of amides is 1. The van der Waals surface area contributed by atoms with Gasteiger partial charge in [-0.25, -0.2) is 14.2 Å². The molecule has 1 amide bonds. The molecule has 0 aliphatic heterocycles. The maximum Gasteiger partial charge on any atom is 0.573 e. The van der Waals surface area contributed by atoms with Crippen LogP contribution in [0.3, 0.4) is 0 Å². The van der Waals surface area contributed by atoms with Crippen molar-refractivity contribution >= 4 is 17.6 Å². The molecule has 0 aliphatic carbocycles. The molecule has 0 aliphatic rings. The van der Waals surface area contributed by atoms with Crippen LogP contribution in [0.2, 0.25) is 0 Å². The number of nitrogens with zero attached hydrogens (tertiary/aromatic N) is 2. The minimum Gasteiger partial charge on any atom is -0.448 e. The van der Waals surface area contributed by atoms with E-state index in [1.54, 1.807) is 0 Å². The summed E-state index contributed by atoms with van der Waals surface area (Å²) >= 11 is 0. The molecule has 0 radical (unpaired) electrons. The SMILES string of the molecule is CC(OC(=O)c1cncn1-c1ccc(F)cc1)C(=O)Nc1ccc(OC(F)(F)F)cc1. The molecule has 1 N–H and O–H groups in total. The van der Waals surface area contributed by atoms with E-state index >= 15 is 0 Å². The Morgan fingerprint density at radius 1 is 1.06 bits per heavy atom. The second-order valence-electron chi connectivity index (χ2n) is 6.23. The number of imidazole rings is 1. The number of carbonyl (C=O) groups excluding carboxylic acids is 2. The molecular weight excluding hydrogens is 422 g/mol. The second-order valence-corrected chi connectivity index (χ2v) is 6.23. The van der Waals surface area contributed by atoms with Gasteiger partial charge in [-0.05, 0) is 55.5 Å². The van der Waals surface area contributed by atoms with E-state index in [2.05, 4.69) is 15.0 Å². The zero-order chi connectivity index (χ0) is 22.6. The standard InChI is InChI=1S/C20H15F4N3O4/c1-12(18(28)26-14-4-8-16(9-5-14)31-20(22,23)24)30-19(29)17-10-25-11-27(17)15-6-2-13(21)3-7-15/h2-12H,1H3,(H,26,28). The number of nitrogens with one attached hydrogen (secondary N) is 1. The molecule has 1 aromatic heterocycles. The lowest BCUT2D eigenvalue weighted by atomic mass is 10.2. The fraction of sp³-hybridized carbons (Fsp3) is 0.150. The maximum absolute atomic E-state index is 13.1. The highest BCUT2D eigenvalue weighted by atomic mass is 19.4. The van der Waals surface area contributed by atoms with Gasteiger partial charge in [-0.15, -0.1) is 13.2 Å². The van der Waals surface area contributed by atoms with Crippen molar-refractivity contribution in [2.45, 2.75) is 19.4 Å². The van der Waals surface area contributed by atoms with Crippen molar-refractivity contribution in [1.82, 2.24) is 9.55 Å². The van der Waals surface area contributed by atoms with E-state index in [0.717, 1.165) is 12.1 Å².